The van der Waals surface area contributed by atoms with Crippen LogP contribution in [-0.4, -0.2) is 13.2 Å². The van der Waals surface area contributed by atoms with Crippen molar-refractivity contribution in [2.45, 2.75) is 58.7 Å². The molecule has 0 heterocycles. The Bertz CT molecular complexity index is 305. The van der Waals surface area contributed by atoms with Crippen molar-refractivity contribution >= 4 is 0 Å². The second-order valence-corrected chi connectivity index (χ2v) is 4.82. The molecule has 0 unspecified atom stereocenters. The highest BCUT2D eigenvalue weighted by molar-refractivity contribution is 5.26. The number of rotatable bonds is 9. The lowest BCUT2D eigenvalue weighted by molar-refractivity contribution is 0.0459. The molecule has 1 atom stereocenters. The van der Waals surface area contributed by atoms with Gasteiger partial charge in [0.05, 0.1) is 19.8 Å². The second-order valence-electron chi connectivity index (χ2n) is 4.82. The van der Waals surface area contributed by atoms with Gasteiger partial charge in [0.1, 0.15) is 5.75 Å². The maximum Gasteiger partial charge on any atom is 0.118 e. The Hall–Kier alpha value is -1.02. The molecule has 2 nitrogen and oxygen atoms in total. The largest absolute Gasteiger partial charge is 0.497 e. The van der Waals surface area contributed by atoms with Crippen LogP contribution in [0.25, 0.3) is 0 Å². The smallest absolute Gasteiger partial charge is 0.118 e. The van der Waals surface area contributed by atoms with Crippen LogP contribution in [0.5, 0.6) is 5.75 Å². The number of hydrogen-bond donors (Lipinski definition) is 0. The number of hydrogen-bond acceptors (Lipinski definition) is 2. The van der Waals surface area contributed by atoms with Gasteiger partial charge < -0.3 is 9.47 Å². The number of unbranched alkanes of at least 4 members (excludes halogenated alkanes) is 3. The molecule has 0 N–H and O–H groups in total. The summed E-state index contributed by atoms with van der Waals surface area (Å²) >= 11 is 0. The van der Waals surface area contributed by atoms with Crippen LogP contribution in [0.1, 0.15) is 51.5 Å². The normalized spacial score (nSPS) is 12.4. The predicted octanol–water partition coefficient (Wildman–Crippen LogP) is 4.57. The van der Waals surface area contributed by atoms with E-state index in [9.17, 15) is 0 Å². The summed E-state index contributed by atoms with van der Waals surface area (Å²) in [6.07, 6.45) is 6.75. The van der Waals surface area contributed by atoms with Gasteiger partial charge in [-0.3, -0.25) is 0 Å². The van der Waals surface area contributed by atoms with Crippen molar-refractivity contribution in [3.05, 3.63) is 29.8 Å². The van der Waals surface area contributed by atoms with E-state index in [0.29, 0.717) is 12.7 Å². The Morgan fingerprint density at radius 1 is 1.06 bits per heavy atom. The highest BCUT2D eigenvalue weighted by atomic mass is 16.5. The Kier molecular flexibility index (Phi) is 7.51. The van der Waals surface area contributed by atoms with E-state index >= 15 is 0 Å². The van der Waals surface area contributed by atoms with Gasteiger partial charge in [0.2, 0.25) is 0 Å². The fraction of sp³-hybridized carbons (Fsp3) is 0.625. The molecule has 1 aromatic carbocycles. The topological polar surface area (TPSA) is 18.5 Å². The zero-order chi connectivity index (χ0) is 13.2. The molecule has 0 spiro atoms. The maximum atomic E-state index is 5.84. The van der Waals surface area contributed by atoms with Gasteiger partial charge in [0.15, 0.2) is 0 Å². The SMILES string of the molecule is CCCCCC[C@@H](C)OCc1ccc(OC)cc1. The van der Waals surface area contributed by atoms with E-state index in [1.807, 2.05) is 12.1 Å². The van der Waals surface area contributed by atoms with Gasteiger partial charge >= 0.3 is 0 Å². The fourth-order valence-corrected chi connectivity index (χ4v) is 1.90. The van der Waals surface area contributed by atoms with Gasteiger partial charge in [-0.25, -0.2) is 0 Å². The Labute approximate surface area is 111 Å². The Balaban J connectivity index is 2.18. The predicted molar refractivity (Wildman–Crippen MR) is 76.0 cm³/mol. The molecule has 0 aliphatic carbocycles. The molecule has 0 aromatic heterocycles. The van der Waals surface area contributed by atoms with Crippen molar-refractivity contribution in [2.24, 2.45) is 0 Å². The molecule has 1 rings (SSSR count). The summed E-state index contributed by atoms with van der Waals surface area (Å²) in [6, 6.07) is 8.07. The van der Waals surface area contributed by atoms with Crippen molar-refractivity contribution in [1.29, 1.82) is 0 Å². The lowest BCUT2D eigenvalue weighted by Gasteiger charge is -2.13. The van der Waals surface area contributed by atoms with Crippen molar-refractivity contribution in [1.82, 2.24) is 0 Å². The van der Waals surface area contributed by atoms with E-state index in [1.165, 1.54) is 31.2 Å². The molecular weight excluding hydrogens is 224 g/mol. The zero-order valence-corrected chi connectivity index (χ0v) is 11.9. The van der Waals surface area contributed by atoms with E-state index in [1.54, 1.807) is 7.11 Å². The van der Waals surface area contributed by atoms with Crippen LogP contribution in [0.2, 0.25) is 0 Å². The molecule has 0 saturated carbocycles. The van der Waals surface area contributed by atoms with Crippen molar-refractivity contribution in [2.75, 3.05) is 7.11 Å². The third kappa shape index (κ3) is 6.06. The monoisotopic (exact) mass is 250 g/mol. The quantitative estimate of drug-likeness (QED) is 0.598. The molecule has 0 saturated heterocycles. The summed E-state index contributed by atoms with van der Waals surface area (Å²) < 4.78 is 11.0. The van der Waals surface area contributed by atoms with Gasteiger partial charge in [0.25, 0.3) is 0 Å². The van der Waals surface area contributed by atoms with E-state index in [4.69, 9.17) is 9.47 Å². The van der Waals surface area contributed by atoms with E-state index in [0.717, 1.165) is 12.2 Å². The molecule has 2 heteroatoms. The molecule has 18 heavy (non-hydrogen) atoms. The summed E-state index contributed by atoms with van der Waals surface area (Å²) in [5, 5.41) is 0. The summed E-state index contributed by atoms with van der Waals surface area (Å²) in [5.74, 6) is 0.895. The van der Waals surface area contributed by atoms with Crippen LogP contribution in [0.15, 0.2) is 24.3 Å². The molecule has 0 radical (unpaired) electrons. The average Bonchev–Trinajstić information content (AvgIpc) is 2.42. The van der Waals surface area contributed by atoms with Crippen molar-refractivity contribution in [3.63, 3.8) is 0 Å². The molecule has 0 aliphatic rings. The highest BCUT2D eigenvalue weighted by Gasteiger charge is 2.02. The van der Waals surface area contributed by atoms with Crippen molar-refractivity contribution < 1.29 is 9.47 Å². The average molecular weight is 250 g/mol. The Morgan fingerprint density at radius 3 is 2.39 bits per heavy atom. The minimum absolute atomic E-state index is 0.351. The number of benzene rings is 1. The number of methoxy groups -OCH3 is 1. The minimum atomic E-state index is 0.351. The second kappa shape index (κ2) is 8.98. The molecule has 0 aliphatic heterocycles. The van der Waals surface area contributed by atoms with E-state index < -0.39 is 0 Å². The third-order valence-corrected chi connectivity index (χ3v) is 3.16. The first kappa shape index (κ1) is 15.0. The van der Waals surface area contributed by atoms with Crippen molar-refractivity contribution in [3.8, 4) is 5.75 Å². The van der Waals surface area contributed by atoms with Crippen LogP contribution in [0.4, 0.5) is 0 Å². The minimum Gasteiger partial charge on any atom is -0.497 e. The van der Waals surface area contributed by atoms with Crippen LogP contribution in [-0.2, 0) is 11.3 Å². The Morgan fingerprint density at radius 2 is 1.78 bits per heavy atom. The lowest BCUT2D eigenvalue weighted by atomic mass is 10.1. The summed E-state index contributed by atoms with van der Waals surface area (Å²) in [5.41, 5.74) is 1.20. The maximum absolute atomic E-state index is 5.84. The molecular formula is C16H26O2. The molecule has 102 valence electrons. The van der Waals surface area contributed by atoms with E-state index in [-0.39, 0.29) is 0 Å². The summed E-state index contributed by atoms with van der Waals surface area (Å²) in [4.78, 5) is 0. The van der Waals surface area contributed by atoms with Crippen LogP contribution in [0.3, 0.4) is 0 Å². The van der Waals surface area contributed by atoms with E-state index in [2.05, 4.69) is 26.0 Å². The first-order valence-electron chi connectivity index (χ1n) is 7.00. The zero-order valence-electron chi connectivity index (χ0n) is 11.9. The van der Waals surface area contributed by atoms with Gasteiger partial charge in [0, 0.05) is 0 Å². The standard InChI is InChI=1S/C16H26O2/c1-4-5-6-7-8-14(2)18-13-15-9-11-16(17-3)12-10-15/h9-12,14H,4-8,13H2,1-3H3/t14-/m1/s1. The third-order valence-electron chi connectivity index (χ3n) is 3.16. The highest BCUT2D eigenvalue weighted by Crippen LogP contribution is 2.14. The molecule has 1 aromatic rings. The molecule has 0 bridgehead atoms. The van der Waals surface area contributed by atoms with Crippen LogP contribution < -0.4 is 4.74 Å². The fourth-order valence-electron chi connectivity index (χ4n) is 1.90. The van der Waals surface area contributed by atoms with Crippen LogP contribution in [0, 0.1) is 0 Å². The molecule has 0 amide bonds. The van der Waals surface area contributed by atoms with Gasteiger partial charge in [-0.05, 0) is 31.0 Å². The van der Waals surface area contributed by atoms with Gasteiger partial charge in [-0.2, -0.15) is 0 Å². The summed E-state index contributed by atoms with van der Waals surface area (Å²) in [7, 11) is 1.68. The lowest BCUT2D eigenvalue weighted by Crippen LogP contribution is -2.07. The number of ether oxygens (including phenoxy) is 2. The first-order chi connectivity index (χ1) is 8.76. The van der Waals surface area contributed by atoms with Crippen LogP contribution >= 0.6 is 0 Å². The van der Waals surface area contributed by atoms with Gasteiger partial charge in [-0.1, -0.05) is 44.7 Å². The molecule has 0 fully saturated rings. The summed E-state index contributed by atoms with van der Waals surface area (Å²) in [6.45, 7) is 5.10. The first-order valence-corrected chi connectivity index (χ1v) is 7.00. The van der Waals surface area contributed by atoms with Gasteiger partial charge in [-0.15, -0.1) is 0 Å².